The zero-order valence-electron chi connectivity index (χ0n) is 15.2. The summed E-state index contributed by atoms with van der Waals surface area (Å²) in [5, 5.41) is 3.24. The van der Waals surface area contributed by atoms with Gasteiger partial charge in [-0.15, -0.1) is 11.3 Å². The van der Waals surface area contributed by atoms with Crippen LogP contribution in [0, 0.1) is 0 Å². The molecule has 0 saturated carbocycles. The molecule has 0 saturated heterocycles. The van der Waals surface area contributed by atoms with Gasteiger partial charge in [0.15, 0.2) is 0 Å². The molecule has 1 aliphatic rings. The van der Waals surface area contributed by atoms with Gasteiger partial charge in [-0.25, -0.2) is 4.79 Å². The van der Waals surface area contributed by atoms with Crippen LogP contribution in [0.25, 0.3) is 0 Å². The molecule has 6 nitrogen and oxygen atoms in total. The minimum Gasteiger partial charge on any atom is -0.462 e. The fourth-order valence-electron chi connectivity index (χ4n) is 3.16. The average Bonchev–Trinajstić information content (AvgIpc) is 3.21. The number of aryl methyl sites for hydroxylation is 1. The molecule has 3 rings (SSSR count). The van der Waals surface area contributed by atoms with Gasteiger partial charge < -0.3 is 14.8 Å². The Bertz CT molecular complexity index is 859. The molecule has 7 heteroatoms. The third kappa shape index (κ3) is 4.19. The van der Waals surface area contributed by atoms with Crippen molar-refractivity contribution >= 4 is 34.2 Å². The zero-order valence-corrected chi connectivity index (χ0v) is 16.1. The number of esters is 2. The first kappa shape index (κ1) is 19.1. The van der Waals surface area contributed by atoms with E-state index in [-0.39, 0.29) is 6.61 Å². The minimum atomic E-state index is -1.09. The highest BCUT2D eigenvalue weighted by molar-refractivity contribution is 7.17. The van der Waals surface area contributed by atoms with Gasteiger partial charge in [0.2, 0.25) is 6.10 Å². The lowest BCUT2D eigenvalue weighted by Crippen LogP contribution is -2.25. The SMILES string of the molecule is CCOC(=O)c1c(NC(=O)[C@@H](OC(C)=O)c2ccccc2)sc2c1CCC2. The Morgan fingerprint density at radius 1 is 1.19 bits per heavy atom. The predicted molar refractivity (Wildman–Crippen MR) is 102 cm³/mol. The quantitative estimate of drug-likeness (QED) is 0.765. The third-order valence-electron chi connectivity index (χ3n) is 4.26. The summed E-state index contributed by atoms with van der Waals surface area (Å²) in [5.41, 5.74) is 1.95. The molecule has 1 N–H and O–H groups in total. The van der Waals surface area contributed by atoms with Gasteiger partial charge in [-0.3, -0.25) is 9.59 Å². The number of carbonyl (C=O) groups is 3. The van der Waals surface area contributed by atoms with Crippen LogP contribution in [-0.4, -0.2) is 24.5 Å². The smallest absolute Gasteiger partial charge is 0.341 e. The molecule has 1 amide bonds. The van der Waals surface area contributed by atoms with E-state index in [9.17, 15) is 14.4 Å². The van der Waals surface area contributed by atoms with Crippen LogP contribution in [-0.2, 0) is 31.9 Å². The molecule has 142 valence electrons. The highest BCUT2D eigenvalue weighted by atomic mass is 32.1. The lowest BCUT2D eigenvalue weighted by atomic mass is 10.1. The molecular weight excluding hydrogens is 366 g/mol. The van der Waals surface area contributed by atoms with Crippen LogP contribution in [0.4, 0.5) is 5.00 Å². The van der Waals surface area contributed by atoms with Gasteiger partial charge in [-0.05, 0) is 31.7 Å². The molecule has 1 aromatic carbocycles. The van der Waals surface area contributed by atoms with Crippen molar-refractivity contribution in [3.05, 3.63) is 51.9 Å². The van der Waals surface area contributed by atoms with Crippen LogP contribution in [0.3, 0.4) is 0 Å². The summed E-state index contributed by atoms with van der Waals surface area (Å²) in [6.45, 7) is 3.26. The van der Waals surface area contributed by atoms with Gasteiger partial charge >= 0.3 is 11.9 Å². The lowest BCUT2D eigenvalue weighted by molar-refractivity contribution is -0.152. The van der Waals surface area contributed by atoms with Gasteiger partial charge in [0.05, 0.1) is 12.2 Å². The van der Waals surface area contributed by atoms with Crippen molar-refractivity contribution in [1.29, 1.82) is 0 Å². The minimum absolute atomic E-state index is 0.261. The number of fused-ring (bicyclic) bond motifs is 1. The van der Waals surface area contributed by atoms with Gasteiger partial charge in [-0.2, -0.15) is 0 Å². The second-order valence-corrected chi connectivity index (χ2v) is 7.28. The maximum atomic E-state index is 12.9. The molecule has 0 fully saturated rings. The Morgan fingerprint density at radius 3 is 2.59 bits per heavy atom. The van der Waals surface area contributed by atoms with Crippen LogP contribution < -0.4 is 5.32 Å². The van der Waals surface area contributed by atoms with Gasteiger partial charge in [-0.1, -0.05) is 30.3 Å². The van der Waals surface area contributed by atoms with E-state index in [1.54, 1.807) is 31.2 Å². The van der Waals surface area contributed by atoms with Crippen molar-refractivity contribution in [2.75, 3.05) is 11.9 Å². The largest absolute Gasteiger partial charge is 0.462 e. The fraction of sp³-hybridized carbons (Fsp3) is 0.350. The molecule has 1 heterocycles. The Labute approximate surface area is 161 Å². The predicted octanol–water partition coefficient (Wildman–Crippen LogP) is 3.66. The van der Waals surface area contributed by atoms with Crippen molar-refractivity contribution in [3.8, 4) is 0 Å². The van der Waals surface area contributed by atoms with Crippen molar-refractivity contribution in [3.63, 3.8) is 0 Å². The number of benzene rings is 1. The van der Waals surface area contributed by atoms with E-state index in [4.69, 9.17) is 9.47 Å². The summed E-state index contributed by atoms with van der Waals surface area (Å²) < 4.78 is 10.4. The van der Waals surface area contributed by atoms with Crippen molar-refractivity contribution in [1.82, 2.24) is 0 Å². The van der Waals surface area contributed by atoms with Gasteiger partial charge in [0.1, 0.15) is 5.00 Å². The molecule has 2 aromatic rings. The summed E-state index contributed by atoms with van der Waals surface area (Å²) in [4.78, 5) is 37.9. The normalized spacial score (nSPS) is 13.6. The van der Waals surface area contributed by atoms with Crippen LogP contribution in [0.2, 0.25) is 0 Å². The third-order valence-corrected chi connectivity index (χ3v) is 5.47. The molecule has 1 atom stereocenters. The number of ether oxygens (including phenoxy) is 2. The van der Waals surface area contributed by atoms with Crippen molar-refractivity contribution in [2.24, 2.45) is 0 Å². The number of amides is 1. The zero-order chi connectivity index (χ0) is 19.4. The lowest BCUT2D eigenvalue weighted by Gasteiger charge is -2.17. The van der Waals surface area contributed by atoms with Crippen molar-refractivity contribution in [2.45, 2.75) is 39.2 Å². The van der Waals surface area contributed by atoms with E-state index >= 15 is 0 Å². The first-order chi connectivity index (χ1) is 13.0. The maximum Gasteiger partial charge on any atom is 0.341 e. The van der Waals surface area contributed by atoms with Crippen LogP contribution >= 0.6 is 11.3 Å². The van der Waals surface area contributed by atoms with Crippen LogP contribution in [0.5, 0.6) is 0 Å². The summed E-state index contributed by atoms with van der Waals surface area (Å²) in [6.07, 6.45) is 1.58. The van der Waals surface area contributed by atoms with Crippen molar-refractivity contribution < 1.29 is 23.9 Å². The van der Waals surface area contributed by atoms with Crippen LogP contribution in [0.1, 0.15) is 52.7 Å². The number of carbonyl (C=O) groups excluding carboxylic acids is 3. The van der Waals surface area contributed by atoms with E-state index in [0.29, 0.717) is 16.1 Å². The van der Waals surface area contributed by atoms with Crippen LogP contribution in [0.15, 0.2) is 30.3 Å². The summed E-state index contributed by atoms with van der Waals surface area (Å²) in [7, 11) is 0. The monoisotopic (exact) mass is 387 g/mol. The Kier molecular flexibility index (Phi) is 5.91. The topological polar surface area (TPSA) is 81.7 Å². The number of hydrogen-bond acceptors (Lipinski definition) is 6. The van der Waals surface area contributed by atoms with E-state index in [2.05, 4.69) is 5.32 Å². The number of hydrogen-bond donors (Lipinski definition) is 1. The molecule has 0 spiro atoms. The summed E-state index contributed by atoms with van der Waals surface area (Å²) >= 11 is 1.39. The van der Waals surface area contributed by atoms with E-state index in [0.717, 1.165) is 29.7 Å². The van der Waals surface area contributed by atoms with E-state index < -0.39 is 23.9 Å². The molecular formula is C20H21NO5S. The number of nitrogens with one attached hydrogen (secondary N) is 1. The summed E-state index contributed by atoms with van der Waals surface area (Å²) in [5.74, 6) is -1.49. The molecule has 0 unspecified atom stereocenters. The Balaban J connectivity index is 1.90. The molecule has 0 radical (unpaired) electrons. The first-order valence-electron chi connectivity index (χ1n) is 8.86. The fourth-order valence-corrected chi connectivity index (χ4v) is 4.44. The molecule has 0 aliphatic heterocycles. The Morgan fingerprint density at radius 2 is 1.93 bits per heavy atom. The molecule has 1 aromatic heterocycles. The average molecular weight is 387 g/mol. The standard InChI is InChI=1S/C20H21NO5S/c1-3-25-20(24)16-14-10-7-11-15(14)27-19(16)21-18(23)17(26-12(2)22)13-8-5-4-6-9-13/h4-6,8-9,17H,3,7,10-11H2,1-2H3,(H,21,23)/t17-/m0/s1. The first-order valence-corrected chi connectivity index (χ1v) is 9.67. The maximum absolute atomic E-state index is 12.9. The highest BCUT2D eigenvalue weighted by Crippen LogP contribution is 2.40. The van der Waals surface area contributed by atoms with Gasteiger partial charge in [0, 0.05) is 17.4 Å². The highest BCUT2D eigenvalue weighted by Gasteiger charge is 2.31. The molecule has 27 heavy (non-hydrogen) atoms. The van der Waals surface area contributed by atoms with E-state index in [1.807, 2.05) is 6.07 Å². The summed E-state index contributed by atoms with van der Waals surface area (Å²) in [6, 6.07) is 8.78. The number of anilines is 1. The number of thiophene rings is 1. The molecule has 0 bridgehead atoms. The second kappa shape index (κ2) is 8.35. The molecule has 1 aliphatic carbocycles. The van der Waals surface area contributed by atoms with E-state index in [1.165, 1.54) is 18.3 Å². The number of rotatable bonds is 6. The van der Waals surface area contributed by atoms with Gasteiger partial charge in [0.25, 0.3) is 5.91 Å². The second-order valence-electron chi connectivity index (χ2n) is 6.17. The Hall–Kier alpha value is -2.67.